The summed E-state index contributed by atoms with van der Waals surface area (Å²) in [7, 11) is 0. The minimum Gasteiger partial charge on any atom is -0.420 e. The number of ether oxygens (including phenoxy) is 2. The van der Waals surface area contributed by atoms with E-state index < -0.39 is 78.6 Å². The van der Waals surface area contributed by atoms with E-state index in [2.05, 4.69) is 0 Å². The Balaban J connectivity index is 7.42. The number of carbonyl (C=O) groups excluding carboxylic acids is 1. The maximum atomic E-state index is 13.9. The van der Waals surface area contributed by atoms with Crippen molar-refractivity contribution in [1.29, 1.82) is 0 Å². The molecular weight excluding hydrogens is 660 g/mol. The van der Waals surface area contributed by atoms with Crippen LogP contribution in [0.3, 0.4) is 0 Å². The normalized spacial score (nSPS) is 17.4. The summed E-state index contributed by atoms with van der Waals surface area (Å²) in [6.45, 7) is 0. The molecule has 0 fully saturated rings. The van der Waals surface area contributed by atoms with Crippen molar-refractivity contribution in [3.63, 3.8) is 0 Å². The van der Waals surface area contributed by atoms with E-state index in [1.807, 2.05) is 9.47 Å². The molecule has 0 amide bonds. The molecule has 2 unspecified atom stereocenters. The van der Waals surface area contributed by atoms with E-state index in [0.29, 0.717) is 0 Å². The fourth-order valence-corrected chi connectivity index (χ4v) is 2.24. The molecule has 0 heterocycles. The second-order valence-corrected chi connectivity index (χ2v) is 6.90. The standard InChI is InChI=1S/C13H2F24O3/c14-4(8(20,21)22,9(23,24)25)1(6(16,17)12(32,33)34)39-3(38)40-2(7(18,19)13(35,36)37)5(15,10(26,27)28)11(29,30)31/h1-2H. The van der Waals surface area contributed by atoms with Crippen LogP contribution in [0.25, 0.3) is 0 Å². The summed E-state index contributed by atoms with van der Waals surface area (Å²) >= 11 is 0. The van der Waals surface area contributed by atoms with E-state index in [9.17, 15) is 110 Å². The van der Waals surface area contributed by atoms with Gasteiger partial charge in [0.15, 0.2) is 0 Å². The van der Waals surface area contributed by atoms with Gasteiger partial charge < -0.3 is 9.47 Å². The Morgan fingerprint density at radius 2 is 0.525 bits per heavy atom. The van der Waals surface area contributed by atoms with Gasteiger partial charge in [0, 0.05) is 0 Å². The largest absolute Gasteiger partial charge is 0.509 e. The van der Waals surface area contributed by atoms with Crippen molar-refractivity contribution in [2.75, 3.05) is 0 Å². The quantitative estimate of drug-likeness (QED) is 0.214. The average Bonchev–Trinajstić information content (AvgIpc) is 2.63. The lowest BCUT2D eigenvalue weighted by Gasteiger charge is -2.41. The number of halogens is 24. The molecule has 0 aliphatic heterocycles. The number of carbonyl (C=O) groups is 1. The Morgan fingerprint density at radius 3 is 0.650 bits per heavy atom. The van der Waals surface area contributed by atoms with Crippen molar-refractivity contribution in [3.8, 4) is 0 Å². The van der Waals surface area contributed by atoms with E-state index in [1.165, 1.54) is 0 Å². The molecule has 0 spiro atoms. The Bertz CT molecular complexity index is 796. The zero-order chi connectivity index (χ0) is 33.1. The Hall–Kier alpha value is -2.41. The lowest BCUT2D eigenvalue weighted by molar-refractivity contribution is -0.417. The van der Waals surface area contributed by atoms with Crippen LogP contribution in [-0.2, 0) is 9.47 Å². The number of rotatable bonds is 6. The van der Waals surface area contributed by atoms with Crippen LogP contribution in [0.2, 0.25) is 0 Å². The maximum absolute atomic E-state index is 13.9. The Morgan fingerprint density at radius 1 is 0.350 bits per heavy atom. The topological polar surface area (TPSA) is 35.5 Å². The fourth-order valence-electron chi connectivity index (χ4n) is 2.24. The van der Waals surface area contributed by atoms with E-state index in [1.54, 1.807) is 0 Å². The highest BCUT2D eigenvalue weighted by Crippen LogP contribution is 2.58. The third kappa shape index (κ3) is 6.09. The van der Waals surface area contributed by atoms with Crippen molar-refractivity contribution >= 4 is 6.16 Å². The molecule has 0 bridgehead atoms. The van der Waals surface area contributed by atoms with Crippen molar-refractivity contribution in [3.05, 3.63) is 0 Å². The van der Waals surface area contributed by atoms with Crippen LogP contribution in [0, 0.1) is 0 Å². The molecular formula is C13H2F24O3. The van der Waals surface area contributed by atoms with Crippen LogP contribution in [-0.4, -0.2) is 78.6 Å². The molecule has 0 rings (SSSR count). The first-order valence-corrected chi connectivity index (χ1v) is 8.27. The molecule has 27 heteroatoms. The third-order valence-electron chi connectivity index (χ3n) is 4.22. The highest BCUT2D eigenvalue weighted by atomic mass is 19.5. The molecule has 0 aromatic carbocycles. The van der Waals surface area contributed by atoms with Crippen LogP contribution in [0.4, 0.5) is 110 Å². The molecule has 3 nitrogen and oxygen atoms in total. The molecule has 0 aliphatic carbocycles. The van der Waals surface area contributed by atoms with E-state index in [4.69, 9.17) is 0 Å². The zero-order valence-corrected chi connectivity index (χ0v) is 17.0. The number of hydrogen-bond donors (Lipinski definition) is 0. The maximum Gasteiger partial charge on any atom is 0.509 e. The second-order valence-electron chi connectivity index (χ2n) is 6.90. The van der Waals surface area contributed by atoms with Gasteiger partial charge in [0.05, 0.1) is 0 Å². The first-order valence-electron chi connectivity index (χ1n) is 8.27. The van der Waals surface area contributed by atoms with E-state index in [0.717, 1.165) is 0 Å². The minimum absolute atomic E-state index is 1.87. The van der Waals surface area contributed by atoms with Gasteiger partial charge in [-0.05, 0) is 0 Å². The lowest BCUT2D eigenvalue weighted by atomic mass is 9.91. The number of alkyl halides is 24. The summed E-state index contributed by atoms with van der Waals surface area (Å²) in [6.07, 6.45) is -67.6. The van der Waals surface area contributed by atoms with Gasteiger partial charge in [0.25, 0.3) is 0 Å². The van der Waals surface area contributed by atoms with Crippen LogP contribution < -0.4 is 0 Å². The third-order valence-corrected chi connectivity index (χ3v) is 4.22. The molecule has 0 aromatic heterocycles. The fraction of sp³-hybridized carbons (Fsp3) is 0.923. The average molecular weight is 662 g/mol. The summed E-state index contributed by atoms with van der Waals surface area (Å²) < 4.78 is 312. The summed E-state index contributed by atoms with van der Waals surface area (Å²) in [4.78, 5) is 11.2. The summed E-state index contributed by atoms with van der Waals surface area (Å²) in [6, 6.07) is 0. The van der Waals surface area contributed by atoms with Crippen LogP contribution >= 0.6 is 0 Å². The highest BCUT2D eigenvalue weighted by Gasteiger charge is 2.88. The summed E-state index contributed by atoms with van der Waals surface area (Å²) in [5.74, 6) is -16.2. The van der Waals surface area contributed by atoms with Crippen LogP contribution in [0.1, 0.15) is 0 Å². The molecule has 240 valence electrons. The van der Waals surface area contributed by atoms with Gasteiger partial charge in [-0.1, -0.05) is 0 Å². The molecule has 40 heavy (non-hydrogen) atoms. The molecule has 0 saturated carbocycles. The van der Waals surface area contributed by atoms with Gasteiger partial charge in [-0.3, -0.25) is 0 Å². The van der Waals surface area contributed by atoms with Crippen LogP contribution in [0.15, 0.2) is 0 Å². The molecule has 0 N–H and O–H groups in total. The van der Waals surface area contributed by atoms with E-state index in [-0.39, 0.29) is 0 Å². The SMILES string of the molecule is O=C(OC(C(F)(F)C(F)(F)F)C(F)(C(F)(F)F)C(F)(F)F)OC(C(F)(F)C(F)(F)F)C(F)(C(F)(F)F)C(F)(F)F. The predicted molar refractivity (Wildman–Crippen MR) is 69.0 cm³/mol. The van der Waals surface area contributed by atoms with E-state index >= 15 is 0 Å². The first-order chi connectivity index (χ1) is 16.9. The second kappa shape index (κ2) is 9.85. The molecule has 0 radical (unpaired) electrons. The van der Waals surface area contributed by atoms with Crippen LogP contribution in [0.5, 0.6) is 0 Å². The zero-order valence-electron chi connectivity index (χ0n) is 17.0. The molecule has 2 atom stereocenters. The lowest BCUT2D eigenvalue weighted by Crippen LogP contribution is -2.71. The molecule has 0 aliphatic rings. The van der Waals surface area contributed by atoms with Gasteiger partial charge in [-0.15, -0.1) is 0 Å². The van der Waals surface area contributed by atoms with Gasteiger partial charge in [-0.25, -0.2) is 13.6 Å². The summed E-state index contributed by atoms with van der Waals surface area (Å²) in [5.41, 5.74) is -16.6. The van der Waals surface area contributed by atoms with Gasteiger partial charge in [0.1, 0.15) is 0 Å². The van der Waals surface area contributed by atoms with Gasteiger partial charge in [0.2, 0.25) is 12.2 Å². The Labute approximate surface area is 199 Å². The van der Waals surface area contributed by atoms with Gasteiger partial charge >= 0.3 is 66.4 Å². The monoisotopic (exact) mass is 662 g/mol. The predicted octanol–water partition coefficient (Wildman–Crippen LogP) is 7.94. The van der Waals surface area contributed by atoms with Crippen molar-refractivity contribution in [2.45, 2.75) is 72.4 Å². The van der Waals surface area contributed by atoms with Crippen molar-refractivity contribution < 1.29 is 120 Å². The van der Waals surface area contributed by atoms with Crippen molar-refractivity contribution in [1.82, 2.24) is 0 Å². The first kappa shape index (κ1) is 37.6. The smallest absolute Gasteiger partial charge is 0.420 e. The number of hydrogen-bond acceptors (Lipinski definition) is 3. The molecule has 0 saturated heterocycles. The summed E-state index contributed by atoms with van der Waals surface area (Å²) in [5, 5.41) is 0. The highest BCUT2D eigenvalue weighted by molar-refractivity contribution is 5.61. The minimum atomic E-state index is -8.28. The Kier molecular flexibility index (Phi) is 9.26. The van der Waals surface area contributed by atoms with Crippen molar-refractivity contribution in [2.24, 2.45) is 0 Å². The molecule has 0 aromatic rings. The van der Waals surface area contributed by atoms with Gasteiger partial charge in [-0.2, -0.15) is 96.6 Å².